The molecule has 2 rings (SSSR count). The zero-order valence-electron chi connectivity index (χ0n) is 10.2. The molecule has 3 nitrogen and oxygen atoms in total. The van der Waals surface area contributed by atoms with Gasteiger partial charge in [-0.1, -0.05) is 24.9 Å². The largest absolute Gasteiger partial charge is 0.384 e. The van der Waals surface area contributed by atoms with E-state index in [1.807, 2.05) is 18.2 Å². The number of anilines is 1. The summed E-state index contributed by atoms with van der Waals surface area (Å²) in [5, 5.41) is 13.9. The van der Waals surface area contributed by atoms with Crippen LogP contribution in [0.5, 0.6) is 0 Å². The molecule has 0 unspecified atom stereocenters. The van der Waals surface area contributed by atoms with Crippen molar-refractivity contribution in [1.29, 1.82) is 5.26 Å². The number of hydrogen-bond donors (Lipinski definition) is 1. The zero-order chi connectivity index (χ0) is 13.0. The Morgan fingerprint density at radius 2 is 2.22 bits per heavy atom. The van der Waals surface area contributed by atoms with E-state index in [1.54, 1.807) is 6.20 Å². The maximum absolute atomic E-state index is 9.16. The molecule has 0 aliphatic carbocycles. The van der Waals surface area contributed by atoms with Gasteiger partial charge in [0.05, 0.1) is 21.8 Å². The molecule has 1 aromatic heterocycles. The topological polar surface area (TPSA) is 48.7 Å². The highest BCUT2D eigenvalue weighted by atomic mass is 35.5. The quantitative estimate of drug-likeness (QED) is 0.845. The summed E-state index contributed by atoms with van der Waals surface area (Å²) in [6.07, 6.45) is 3.82. The molecular formula is C14H14ClN3. The molecule has 0 saturated carbocycles. The number of halogens is 1. The number of aromatic nitrogens is 1. The summed E-state index contributed by atoms with van der Waals surface area (Å²) < 4.78 is 0. The lowest BCUT2D eigenvalue weighted by Gasteiger charge is -2.09. The molecule has 18 heavy (non-hydrogen) atoms. The predicted octanol–water partition coefficient (Wildman–Crippen LogP) is 3.97. The highest BCUT2D eigenvalue weighted by Crippen LogP contribution is 2.24. The van der Waals surface area contributed by atoms with Crippen molar-refractivity contribution in [2.45, 2.75) is 19.8 Å². The van der Waals surface area contributed by atoms with E-state index in [0.29, 0.717) is 10.6 Å². The number of pyridine rings is 1. The Bertz CT molecular complexity index is 602. The van der Waals surface area contributed by atoms with Crippen LogP contribution in [0.4, 0.5) is 5.69 Å². The molecule has 0 aliphatic heterocycles. The van der Waals surface area contributed by atoms with Crippen molar-refractivity contribution in [3.05, 3.63) is 35.0 Å². The van der Waals surface area contributed by atoms with Crippen LogP contribution in [0.2, 0.25) is 5.02 Å². The first-order valence-corrected chi connectivity index (χ1v) is 6.35. The van der Waals surface area contributed by atoms with Crippen molar-refractivity contribution in [2.75, 3.05) is 11.9 Å². The minimum Gasteiger partial charge on any atom is -0.384 e. The van der Waals surface area contributed by atoms with E-state index >= 15 is 0 Å². The van der Waals surface area contributed by atoms with E-state index < -0.39 is 0 Å². The van der Waals surface area contributed by atoms with Gasteiger partial charge in [0, 0.05) is 18.1 Å². The van der Waals surface area contributed by atoms with E-state index in [9.17, 15) is 0 Å². The number of nitrogens with zero attached hydrogens (tertiary/aromatic N) is 2. The van der Waals surface area contributed by atoms with Crippen molar-refractivity contribution in [3.8, 4) is 6.07 Å². The summed E-state index contributed by atoms with van der Waals surface area (Å²) in [5.41, 5.74) is 2.31. The monoisotopic (exact) mass is 259 g/mol. The number of fused-ring (bicyclic) bond motifs is 1. The fraction of sp³-hybridized carbons (Fsp3) is 0.286. The van der Waals surface area contributed by atoms with Crippen molar-refractivity contribution in [3.63, 3.8) is 0 Å². The lowest BCUT2D eigenvalue weighted by atomic mass is 10.1. The van der Waals surface area contributed by atoms with Crippen molar-refractivity contribution in [1.82, 2.24) is 4.98 Å². The Morgan fingerprint density at radius 3 is 2.94 bits per heavy atom. The molecule has 2 aromatic rings. The molecule has 0 amide bonds. The zero-order valence-corrected chi connectivity index (χ0v) is 11.0. The first-order chi connectivity index (χ1) is 8.74. The van der Waals surface area contributed by atoms with Gasteiger partial charge in [0.2, 0.25) is 0 Å². The van der Waals surface area contributed by atoms with E-state index in [4.69, 9.17) is 16.9 Å². The minimum absolute atomic E-state index is 0.582. The van der Waals surface area contributed by atoms with Gasteiger partial charge in [-0.25, -0.2) is 0 Å². The van der Waals surface area contributed by atoms with Crippen molar-refractivity contribution < 1.29 is 0 Å². The number of rotatable bonds is 4. The number of nitrogens with one attached hydrogen (secondary N) is 1. The highest BCUT2D eigenvalue weighted by molar-refractivity contribution is 6.31. The van der Waals surface area contributed by atoms with Gasteiger partial charge in [-0.3, -0.25) is 4.98 Å². The third-order valence-corrected chi connectivity index (χ3v) is 2.96. The average molecular weight is 260 g/mol. The van der Waals surface area contributed by atoms with Crippen LogP contribution < -0.4 is 5.32 Å². The summed E-state index contributed by atoms with van der Waals surface area (Å²) in [4.78, 5) is 4.26. The Balaban J connectivity index is 2.40. The van der Waals surface area contributed by atoms with E-state index in [0.717, 1.165) is 36.0 Å². The maximum atomic E-state index is 9.16. The molecule has 0 saturated heterocycles. The van der Waals surface area contributed by atoms with Crippen LogP contribution in [0.15, 0.2) is 24.4 Å². The van der Waals surface area contributed by atoms with Gasteiger partial charge in [0.15, 0.2) is 0 Å². The normalized spacial score (nSPS) is 10.3. The summed E-state index contributed by atoms with van der Waals surface area (Å²) in [6, 6.07) is 7.75. The first-order valence-electron chi connectivity index (χ1n) is 5.98. The second-order valence-electron chi connectivity index (χ2n) is 4.14. The standard InChI is InChI=1S/C14H14ClN3/c1-2-3-4-17-14-7-13-10(5-11(14)8-16)6-12(15)9-18-13/h5-7,9,17H,2-4H2,1H3. The third-order valence-electron chi connectivity index (χ3n) is 2.75. The lowest BCUT2D eigenvalue weighted by molar-refractivity contribution is 0.834. The van der Waals surface area contributed by atoms with Crippen LogP contribution in [0.3, 0.4) is 0 Å². The Labute approximate surface area is 111 Å². The second kappa shape index (κ2) is 5.70. The SMILES string of the molecule is CCCCNc1cc2ncc(Cl)cc2cc1C#N. The smallest absolute Gasteiger partial charge is 0.101 e. The van der Waals surface area contributed by atoms with E-state index in [1.165, 1.54) is 0 Å². The van der Waals surface area contributed by atoms with Crippen LogP contribution in [-0.4, -0.2) is 11.5 Å². The number of benzene rings is 1. The molecule has 1 aromatic carbocycles. The summed E-state index contributed by atoms with van der Waals surface area (Å²) >= 11 is 5.90. The Hall–Kier alpha value is -1.79. The highest BCUT2D eigenvalue weighted by Gasteiger charge is 2.05. The molecule has 0 fully saturated rings. The molecule has 1 N–H and O–H groups in total. The van der Waals surface area contributed by atoms with E-state index in [-0.39, 0.29) is 0 Å². The van der Waals surface area contributed by atoms with Gasteiger partial charge in [0.1, 0.15) is 6.07 Å². The van der Waals surface area contributed by atoms with Crippen LogP contribution in [0.1, 0.15) is 25.3 Å². The van der Waals surface area contributed by atoms with Gasteiger partial charge >= 0.3 is 0 Å². The fourth-order valence-corrected chi connectivity index (χ4v) is 1.95. The predicted molar refractivity (Wildman–Crippen MR) is 74.9 cm³/mol. The third kappa shape index (κ3) is 2.72. The van der Waals surface area contributed by atoms with Crippen molar-refractivity contribution >= 4 is 28.2 Å². The van der Waals surface area contributed by atoms with Crippen LogP contribution in [0, 0.1) is 11.3 Å². The van der Waals surface area contributed by atoms with Gasteiger partial charge in [-0.15, -0.1) is 0 Å². The summed E-state index contributed by atoms with van der Waals surface area (Å²) in [7, 11) is 0. The molecule has 92 valence electrons. The Kier molecular flexibility index (Phi) is 4.01. The van der Waals surface area contributed by atoms with Gasteiger partial charge < -0.3 is 5.32 Å². The number of nitriles is 1. The fourth-order valence-electron chi connectivity index (χ4n) is 1.79. The van der Waals surface area contributed by atoms with Gasteiger partial charge in [-0.05, 0) is 24.6 Å². The van der Waals surface area contributed by atoms with Crippen LogP contribution >= 0.6 is 11.6 Å². The summed E-state index contributed by atoms with van der Waals surface area (Å²) in [6.45, 7) is 3.00. The molecule has 0 spiro atoms. The molecule has 0 aliphatic rings. The molecule has 1 heterocycles. The molecule has 0 radical (unpaired) electrons. The van der Waals surface area contributed by atoms with Crippen LogP contribution in [-0.2, 0) is 0 Å². The maximum Gasteiger partial charge on any atom is 0.101 e. The number of unbranched alkanes of at least 4 members (excludes halogenated alkanes) is 1. The Morgan fingerprint density at radius 1 is 1.39 bits per heavy atom. The summed E-state index contributed by atoms with van der Waals surface area (Å²) in [5.74, 6) is 0. The van der Waals surface area contributed by atoms with E-state index in [2.05, 4.69) is 23.3 Å². The first kappa shape index (κ1) is 12.7. The molecule has 0 bridgehead atoms. The molecular weight excluding hydrogens is 246 g/mol. The number of hydrogen-bond acceptors (Lipinski definition) is 3. The molecule has 4 heteroatoms. The van der Waals surface area contributed by atoms with Crippen molar-refractivity contribution in [2.24, 2.45) is 0 Å². The average Bonchev–Trinajstić information content (AvgIpc) is 2.38. The lowest BCUT2D eigenvalue weighted by Crippen LogP contribution is -2.03. The van der Waals surface area contributed by atoms with Gasteiger partial charge in [0.25, 0.3) is 0 Å². The van der Waals surface area contributed by atoms with Gasteiger partial charge in [-0.2, -0.15) is 5.26 Å². The minimum atomic E-state index is 0.582. The van der Waals surface area contributed by atoms with Crippen LogP contribution in [0.25, 0.3) is 10.9 Å². The second-order valence-corrected chi connectivity index (χ2v) is 4.57. The molecule has 0 atom stereocenters.